The highest BCUT2D eigenvalue weighted by atomic mass is 19.1. The van der Waals surface area contributed by atoms with Crippen molar-refractivity contribution in [1.29, 1.82) is 0 Å². The van der Waals surface area contributed by atoms with Crippen molar-refractivity contribution < 1.29 is 14.2 Å². The Balaban J connectivity index is 1.72. The zero-order valence-electron chi connectivity index (χ0n) is 12.4. The number of hydrogen-bond acceptors (Lipinski definition) is 5. The van der Waals surface area contributed by atoms with Crippen molar-refractivity contribution >= 4 is 16.6 Å². The summed E-state index contributed by atoms with van der Waals surface area (Å²) in [6.45, 7) is 0.672. The zero-order valence-corrected chi connectivity index (χ0v) is 12.4. The summed E-state index contributed by atoms with van der Waals surface area (Å²) < 4.78 is 19.0. The number of ether oxygens (including phenoxy) is 1. The fourth-order valence-electron chi connectivity index (χ4n) is 2.26. The number of nitrogens with one attached hydrogen (secondary N) is 1. The van der Waals surface area contributed by atoms with Gasteiger partial charge < -0.3 is 15.2 Å². The van der Waals surface area contributed by atoms with Gasteiger partial charge in [-0.25, -0.2) is 9.37 Å². The van der Waals surface area contributed by atoms with E-state index in [1.807, 2.05) is 6.07 Å². The number of nitrogens with zero attached hydrogens (tertiary/aromatic N) is 2. The van der Waals surface area contributed by atoms with E-state index in [-0.39, 0.29) is 19.0 Å². The number of aromatic nitrogens is 2. The molecule has 2 aromatic heterocycles. The molecule has 3 rings (SSSR count). The van der Waals surface area contributed by atoms with Crippen LogP contribution in [0.2, 0.25) is 0 Å². The summed E-state index contributed by atoms with van der Waals surface area (Å²) in [5, 5.41) is 12.4. The minimum Gasteiger partial charge on any atom is -0.475 e. The van der Waals surface area contributed by atoms with Crippen LogP contribution in [0.4, 0.5) is 10.1 Å². The highest BCUT2D eigenvalue weighted by molar-refractivity contribution is 5.82. The zero-order chi connectivity index (χ0) is 16.1. The van der Waals surface area contributed by atoms with Crippen molar-refractivity contribution in [3.8, 4) is 5.88 Å². The van der Waals surface area contributed by atoms with E-state index in [1.54, 1.807) is 36.7 Å². The first-order valence-corrected chi connectivity index (χ1v) is 7.23. The Hall–Kier alpha value is -2.73. The third-order valence-electron chi connectivity index (χ3n) is 3.36. The van der Waals surface area contributed by atoms with Crippen LogP contribution in [0.3, 0.4) is 0 Å². The molecule has 2 N–H and O–H groups in total. The van der Waals surface area contributed by atoms with Crippen molar-refractivity contribution in [2.75, 3.05) is 18.5 Å². The van der Waals surface area contributed by atoms with Gasteiger partial charge in [0.05, 0.1) is 24.0 Å². The lowest BCUT2D eigenvalue weighted by atomic mass is 10.1. The summed E-state index contributed by atoms with van der Waals surface area (Å²) in [6.07, 6.45) is 3.30. The van der Waals surface area contributed by atoms with Gasteiger partial charge in [-0.2, -0.15) is 0 Å². The minimum absolute atomic E-state index is 0.0493. The molecule has 2 heterocycles. The predicted molar refractivity (Wildman–Crippen MR) is 85.8 cm³/mol. The van der Waals surface area contributed by atoms with Gasteiger partial charge in [-0.3, -0.25) is 4.98 Å². The molecule has 0 aliphatic heterocycles. The SMILES string of the molecule is OCCOc1ccc(NCc2ccc(F)c3cccnc23)cn1. The van der Waals surface area contributed by atoms with E-state index in [4.69, 9.17) is 9.84 Å². The first kappa shape index (κ1) is 15.2. The maximum atomic E-state index is 13.8. The van der Waals surface area contributed by atoms with E-state index >= 15 is 0 Å². The van der Waals surface area contributed by atoms with Crippen LogP contribution in [-0.2, 0) is 6.54 Å². The molecule has 23 heavy (non-hydrogen) atoms. The summed E-state index contributed by atoms with van der Waals surface area (Å²) in [5.41, 5.74) is 2.37. The lowest BCUT2D eigenvalue weighted by Crippen LogP contribution is -2.04. The van der Waals surface area contributed by atoms with Crippen LogP contribution in [0.1, 0.15) is 5.56 Å². The largest absolute Gasteiger partial charge is 0.475 e. The standard InChI is InChI=1S/C17H16FN3O2/c18-15-5-3-12(17-14(15)2-1-7-19-17)10-20-13-4-6-16(21-11-13)23-9-8-22/h1-7,11,20,22H,8-10H2. The minimum atomic E-state index is -0.274. The third-order valence-corrected chi connectivity index (χ3v) is 3.36. The normalized spacial score (nSPS) is 10.7. The van der Waals surface area contributed by atoms with Crippen molar-refractivity contribution in [3.05, 3.63) is 60.2 Å². The van der Waals surface area contributed by atoms with Crippen molar-refractivity contribution in [1.82, 2.24) is 9.97 Å². The Kier molecular flexibility index (Phi) is 4.63. The van der Waals surface area contributed by atoms with Gasteiger partial charge in [0.1, 0.15) is 12.4 Å². The van der Waals surface area contributed by atoms with Gasteiger partial charge in [0.2, 0.25) is 5.88 Å². The first-order valence-electron chi connectivity index (χ1n) is 7.23. The first-order chi connectivity index (χ1) is 11.3. The molecular weight excluding hydrogens is 297 g/mol. The number of aliphatic hydroxyl groups is 1. The molecule has 0 fully saturated rings. The lowest BCUT2D eigenvalue weighted by molar-refractivity contribution is 0.196. The summed E-state index contributed by atoms with van der Waals surface area (Å²) >= 11 is 0. The van der Waals surface area contributed by atoms with Crippen molar-refractivity contribution in [3.63, 3.8) is 0 Å². The van der Waals surface area contributed by atoms with E-state index in [0.717, 1.165) is 11.3 Å². The fourth-order valence-corrected chi connectivity index (χ4v) is 2.26. The molecule has 0 aliphatic rings. The van der Waals surface area contributed by atoms with Crippen LogP contribution in [0.15, 0.2) is 48.8 Å². The van der Waals surface area contributed by atoms with Gasteiger partial charge in [-0.1, -0.05) is 6.07 Å². The van der Waals surface area contributed by atoms with Crippen LogP contribution in [0.5, 0.6) is 5.88 Å². The average molecular weight is 313 g/mol. The predicted octanol–water partition coefficient (Wildman–Crippen LogP) is 2.75. The molecule has 5 nitrogen and oxygen atoms in total. The molecule has 0 atom stereocenters. The van der Waals surface area contributed by atoms with Crippen molar-refractivity contribution in [2.45, 2.75) is 6.54 Å². The maximum absolute atomic E-state index is 13.8. The number of halogens is 1. The Bertz CT molecular complexity index is 793. The van der Waals surface area contributed by atoms with Crippen LogP contribution in [0.25, 0.3) is 10.9 Å². The van der Waals surface area contributed by atoms with Crippen LogP contribution in [0, 0.1) is 5.82 Å². The van der Waals surface area contributed by atoms with Gasteiger partial charge in [0.25, 0.3) is 0 Å². The topological polar surface area (TPSA) is 67.3 Å². The van der Waals surface area contributed by atoms with Crippen LogP contribution in [-0.4, -0.2) is 28.3 Å². The van der Waals surface area contributed by atoms with Gasteiger partial charge in [-0.05, 0) is 29.8 Å². The Labute approximate surface area is 132 Å². The molecule has 3 aromatic rings. The summed E-state index contributed by atoms with van der Waals surface area (Å²) in [7, 11) is 0. The lowest BCUT2D eigenvalue weighted by Gasteiger charge is -2.10. The summed E-state index contributed by atoms with van der Waals surface area (Å²) in [5.74, 6) is 0.183. The second-order valence-corrected chi connectivity index (χ2v) is 4.92. The molecule has 0 amide bonds. The number of pyridine rings is 2. The molecule has 0 aliphatic carbocycles. The number of anilines is 1. The number of aliphatic hydroxyl groups excluding tert-OH is 1. The molecular formula is C17H16FN3O2. The van der Waals surface area contributed by atoms with E-state index in [1.165, 1.54) is 6.07 Å². The van der Waals surface area contributed by atoms with E-state index < -0.39 is 0 Å². The molecule has 0 radical (unpaired) electrons. The van der Waals surface area contributed by atoms with Gasteiger partial charge in [-0.15, -0.1) is 0 Å². The molecule has 6 heteroatoms. The molecule has 1 aromatic carbocycles. The Morgan fingerprint density at radius 2 is 2.04 bits per heavy atom. The summed E-state index contributed by atoms with van der Waals surface area (Å²) in [6, 6.07) is 10.2. The van der Waals surface area contributed by atoms with Gasteiger partial charge >= 0.3 is 0 Å². The fraction of sp³-hybridized carbons (Fsp3) is 0.176. The van der Waals surface area contributed by atoms with E-state index in [0.29, 0.717) is 23.3 Å². The second-order valence-electron chi connectivity index (χ2n) is 4.92. The summed E-state index contributed by atoms with van der Waals surface area (Å²) in [4.78, 5) is 8.40. The average Bonchev–Trinajstić information content (AvgIpc) is 2.60. The molecule has 0 spiro atoms. The van der Waals surface area contributed by atoms with E-state index in [9.17, 15) is 4.39 Å². The highest BCUT2D eigenvalue weighted by Crippen LogP contribution is 2.21. The molecule has 0 unspecified atom stereocenters. The van der Waals surface area contributed by atoms with Crippen LogP contribution < -0.4 is 10.1 Å². The smallest absolute Gasteiger partial charge is 0.213 e. The Morgan fingerprint density at radius 1 is 1.13 bits per heavy atom. The number of hydrogen-bond donors (Lipinski definition) is 2. The van der Waals surface area contributed by atoms with E-state index in [2.05, 4.69) is 15.3 Å². The molecule has 0 saturated carbocycles. The van der Waals surface area contributed by atoms with Gasteiger partial charge in [0, 0.05) is 24.2 Å². The van der Waals surface area contributed by atoms with Crippen molar-refractivity contribution in [2.24, 2.45) is 0 Å². The quantitative estimate of drug-likeness (QED) is 0.732. The maximum Gasteiger partial charge on any atom is 0.213 e. The second kappa shape index (κ2) is 7.02. The molecule has 118 valence electrons. The third kappa shape index (κ3) is 3.54. The molecule has 0 saturated heterocycles. The van der Waals surface area contributed by atoms with Crippen LogP contribution >= 0.6 is 0 Å². The number of rotatable bonds is 6. The molecule has 0 bridgehead atoms. The highest BCUT2D eigenvalue weighted by Gasteiger charge is 2.06. The monoisotopic (exact) mass is 313 g/mol. The van der Waals surface area contributed by atoms with Gasteiger partial charge in [0.15, 0.2) is 0 Å². The number of benzene rings is 1. The Morgan fingerprint density at radius 3 is 2.83 bits per heavy atom. The number of fused-ring (bicyclic) bond motifs is 1.